The van der Waals surface area contributed by atoms with E-state index >= 15 is 0 Å². The summed E-state index contributed by atoms with van der Waals surface area (Å²) in [7, 11) is 0. The van der Waals surface area contributed by atoms with E-state index < -0.39 is 137 Å². The van der Waals surface area contributed by atoms with Crippen molar-refractivity contribution in [1.82, 2.24) is 41.9 Å². The Kier molecular flexibility index (Phi) is 21.1. The van der Waals surface area contributed by atoms with Gasteiger partial charge in [-0.3, -0.25) is 57.7 Å². The van der Waals surface area contributed by atoms with Gasteiger partial charge in [0.25, 0.3) is 17.4 Å². The van der Waals surface area contributed by atoms with Gasteiger partial charge in [-0.05, 0) is 48.6 Å². The Morgan fingerprint density at radius 2 is 1.27 bits per heavy atom. The highest BCUT2D eigenvalue weighted by Crippen LogP contribution is 2.21. The lowest BCUT2D eigenvalue weighted by molar-refractivity contribution is -0.140. The number of aryl methyl sites for hydroxylation is 1. The number of aromatic amines is 2. The first-order valence-electron chi connectivity index (χ1n) is 21.2. The van der Waals surface area contributed by atoms with Gasteiger partial charge in [-0.25, -0.2) is 4.79 Å². The number of ketones is 1. The zero-order valence-corrected chi connectivity index (χ0v) is 38.0. The predicted molar refractivity (Wildman–Crippen MR) is 235 cm³/mol. The molecule has 0 saturated heterocycles. The summed E-state index contributed by atoms with van der Waals surface area (Å²) in [4.78, 5) is 158. The molecular formula is C43H61N9O14. The Morgan fingerprint density at radius 1 is 0.712 bits per heavy atom. The van der Waals surface area contributed by atoms with E-state index in [1.54, 1.807) is 70.8 Å². The number of unbranched alkanes of at least 4 members (excludes halogenated alkanes) is 1. The third-order valence-electron chi connectivity index (χ3n) is 10.1. The van der Waals surface area contributed by atoms with Crippen LogP contribution in [0.3, 0.4) is 0 Å². The lowest BCUT2D eigenvalue weighted by Crippen LogP contribution is -2.62. The Hall–Kier alpha value is -7.20. The second-order valence-corrected chi connectivity index (χ2v) is 17.2. The van der Waals surface area contributed by atoms with Crippen LogP contribution >= 0.6 is 0 Å². The van der Waals surface area contributed by atoms with Gasteiger partial charge >= 0.3 is 17.6 Å². The topological polar surface area (TPSA) is 375 Å². The number of carboxylic acid groups (broad SMARTS) is 2. The van der Waals surface area contributed by atoms with Gasteiger partial charge in [0.2, 0.25) is 35.3 Å². The van der Waals surface area contributed by atoms with E-state index in [-0.39, 0.29) is 25.2 Å². The van der Waals surface area contributed by atoms with Crippen molar-refractivity contribution in [3.05, 3.63) is 68.0 Å². The number of rotatable bonds is 26. The molecule has 0 fully saturated rings. The third kappa shape index (κ3) is 17.8. The standard InChI is InChI=1S/C43H61N9O14/c1-8-9-14-25(32(57)34(44)58)46-38(62)27(17-21(2)3)50-41(65)33(43(5,6)7)51-40(64)28(18-23-13-11-10-12-22(23)4)49-37(61)26(15-16-30(53)54)47-39(63)29(19-31(55)56)48-35(59)24-20-45-42(66)52-36(24)60/h10-13,20-21,25-29,33H,8-9,14-19H2,1-7H3,(H2,44,58)(H,46,62)(H,47,63)(H,48,59)(H,49,61)(H,50,65)(H,51,64)(H,53,54)(H,55,56)(H2,45,52,60,66)/t25-,26-,27-,28-,29-,33+/m0/s1. The van der Waals surface area contributed by atoms with Gasteiger partial charge < -0.3 is 52.8 Å². The van der Waals surface area contributed by atoms with Gasteiger partial charge in [0.1, 0.15) is 35.8 Å². The Labute approximate surface area is 379 Å². The second-order valence-electron chi connectivity index (χ2n) is 17.2. The van der Waals surface area contributed by atoms with Gasteiger partial charge in [0.05, 0.1) is 12.5 Å². The summed E-state index contributed by atoms with van der Waals surface area (Å²) in [5, 5.41) is 33.7. The molecule has 1 aromatic heterocycles. The van der Waals surface area contributed by atoms with Gasteiger partial charge in [-0.15, -0.1) is 0 Å². The zero-order chi connectivity index (χ0) is 50.1. The number of benzene rings is 1. The zero-order valence-electron chi connectivity index (χ0n) is 38.0. The molecule has 0 spiro atoms. The van der Waals surface area contributed by atoms with Crippen molar-refractivity contribution in [2.75, 3.05) is 0 Å². The SMILES string of the molecule is CCCC[C@H](NC(=O)[C@H](CC(C)C)NC(=O)[C@@H](NC(=O)[C@H](Cc1ccccc1C)NC(=O)[C@H](CCC(=O)O)NC(=O)[C@H](CC(=O)O)NC(=O)c1c[nH]c(=O)[nH]c1=O)C(C)(C)C)C(=O)C(N)=O. The molecule has 362 valence electrons. The minimum Gasteiger partial charge on any atom is -0.481 e. The van der Waals surface area contributed by atoms with E-state index in [9.17, 15) is 67.7 Å². The van der Waals surface area contributed by atoms with E-state index in [0.717, 1.165) is 6.20 Å². The minimum absolute atomic E-state index is 0.0749. The fourth-order valence-electron chi connectivity index (χ4n) is 6.55. The summed E-state index contributed by atoms with van der Waals surface area (Å²) in [6.07, 6.45) is -0.581. The number of primary amides is 1. The molecule has 2 rings (SSSR count). The molecule has 0 aliphatic carbocycles. The van der Waals surface area contributed by atoms with Crippen LogP contribution in [-0.4, -0.2) is 116 Å². The second kappa shape index (κ2) is 25.3. The summed E-state index contributed by atoms with van der Waals surface area (Å²) in [5.74, 6) is -11.7. The molecule has 1 heterocycles. The molecule has 1 aromatic carbocycles. The van der Waals surface area contributed by atoms with Crippen molar-refractivity contribution in [3.8, 4) is 0 Å². The van der Waals surface area contributed by atoms with Gasteiger partial charge in [0, 0.05) is 19.0 Å². The van der Waals surface area contributed by atoms with Gasteiger partial charge in [-0.2, -0.15) is 0 Å². The molecule has 0 bridgehead atoms. The summed E-state index contributed by atoms with van der Waals surface area (Å²) < 4.78 is 0. The molecule has 0 unspecified atom stereocenters. The van der Waals surface area contributed by atoms with Gasteiger partial charge in [0.15, 0.2) is 0 Å². The van der Waals surface area contributed by atoms with Crippen molar-refractivity contribution in [2.24, 2.45) is 17.1 Å². The molecule has 0 saturated carbocycles. The van der Waals surface area contributed by atoms with Crippen LogP contribution in [0.25, 0.3) is 0 Å². The van der Waals surface area contributed by atoms with Crippen LogP contribution < -0.4 is 48.9 Å². The molecule has 0 aliphatic heterocycles. The maximum Gasteiger partial charge on any atom is 0.325 e. The Morgan fingerprint density at radius 3 is 1.82 bits per heavy atom. The number of carbonyl (C=O) groups excluding carboxylic acids is 8. The largest absolute Gasteiger partial charge is 0.481 e. The number of carbonyl (C=O) groups is 10. The number of carboxylic acids is 2. The van der Waals surface area contributed by atoms with Crippen molar-refractivity contribution in [3.63, 3.8) is 0 Å². The molecule has 0 radical (unpaired) electrons. The number of nitrogens with one attached hydrogen (secondary N) is 8. The van der Waals surface area contributed by atoms with Crippen LogP contribution in [0.2, 0.25) is 0 Å². The van der Waals surface area contributed by atoms with Gasteiger partial charge in [-0.1, -0.05) is 78.6 Å². The number of amides is 7. The maximum absolute atomic E-state index is 14.4. The monoisotopic (exact) mass is 927 g/mol. The fourth-order valence-corrected chi connectivity index (χ4v) is 6.55. The smallest absolute Gasteiger partial charge is 0.325 e. The molecule has 7 amide bonds. The summed E-state index contributed by atoms with van der Waals surface area (Å²) >= 11 is 0. The summed E-state index contributed by atoms with van der Waals surface area (Å²) in [6.45, 7) is 12.0. The highest BCUT2D eigenvalue weighted by molar-refractivity contribution is 6.37. The quantitative estimate of drug-likeness (QED) is 0.0495. The number of hydrogen-bond donors (Lipinski definition) is 11. The fraction of sp³-hybridized carbons (Fsp3) is 0.535. The van der Waals surface area contributed by atoms with E-state index in [0.29, 0.717) is 24.0 Å². The van der Waals surface area contributed by atoms with Crippen molar-refractivity contribution in [1.29, 1.82) is 0 Å². The first kappa shape index (κ1) is 54.9. The molecule has 66 heavy (non-hydrogen) atoms. The van der Waals surface area contributed by atoms with E-state index in [2.05, 4.69) is 36.9 Å². The van der Waals surface area contributed by atoms with E-state index in [4.69, 9.17) is 5.73 Å². The number of H-pyrrole nitrogens is 2. The van der Waals surface area contributed by atoms with Crippen molar-refractivity contribution in [2.45, 2.75) is 136 Å². The first-order valence-corrected chi connectivity index (χ1v) is 21.2. The lowest BCUT2D eigenvalue weighted by Gasteiger charge is -2.34. The molecule has 12 N–H and O–H groups in total. The van der Waals surface area contributed by atoms with Crippen molar-refractivity contribution < 1.29 is 58.2 Å². The van der Waals surface area contributed by atoms with Crippen LogP contribution in [0.15, 0.2) is 40.1 Å². The molecule has 23 heteroatoms. The summed E-state index contributed by atoms with van der Waals surface area (Å²) in [5.41, 5.74) is 2.59. The number of nitrogens with two attached hydrogens (primary N) is 1. The average molecular weight is 928 g/mol. The van der Waals surface area contributed by atoms with Crippen LogP contribution in [0.1, 0.15) is 108 Å². The number of aliphatic carboxylic acids is 2. The van der Waals surface area contributed by atoms with Crippen LogP contribution in [0.5, 0.6) is 0 Å². The number of aromatic nitrogens is 2. The minimum atomic E-state index is -1.95. The number of hydrogen-bond acceptors (Lipinski definition) is 12. The lowest BCUT2D eigenvalue weighted by atomic mass is 9.85. The third-order valence-corrected chi connectivity index (χ3v) is 10.1. The highest BCUT2D eigenvalue weighted by atomic mass is 16.4. The highest BCUT2D eigenvalue weighted by Gasteiger charge is 2.39. The molecule has 23 nitrogen and oxygen atoms in total. The molecule has 6 atom stereocenters. The first-order chi connectivity index (χ1) is 30.7. The Balaban J connectivity index is 2.52. The van der Waals surface area contributed by atoms with Crippen LogP contribution in [0.4, 0.5) is 0 Å². The van der Waals surface area contributed by atoms with Crippen LogP contribution in [0, 0.1) is 18.3 Å². The molecule has 0 aliphatic rings. The van der Waals surface area contributed by atoms with E-state index in [1.165, 1.54) is 0 Å². The maximum atomic E-state index is 14.4. The summed E-state index contributed by atoms with van der Waals surface area (Å²) in [6, 6.07) is -2.37. The normalized spacial score (nSPS) is 13.9. The van der Waals surface area contributed by atoms with E-state index in [1.807, 2.05) is 6.92 Å². The molecular weight excluding hydrogens is 867 g/mol. The predicted octanol–water partition coefficient (Wildman–Crippen LogP) is -1.19. The Bertz CT molecular complexity index is 2250. The van der Waals surface area contributed by atoms with Crippen LogP contribution in [-0.2, 0) is 49.6 Å². The number of Topliss-reactive ketones (excluding diaryl/α,β-unsaturated/α-hetero) is 1. The van der Waals surface area contributed by atoms with Crippen molar-refractivity contribution >= 4 is 59.1 Å². The average Bonchev–Trinajstić information content (AvgIpc) is 3.21. The molecule has 2 aromatic rings.